The fourth-order valence-corrected chi connectivity index (χ4v) is 4.78. The molecule has 3 unspecified atom stereocenters. The van der Waals surface area contributed by atoms with Crippen molar-refractivity contribution in [2.75, 3.05) is 13.2 Å². The minimum Gasteiger partial charge on any atom is -0.507 e. The molecular weight excluding hydrogens is 394 g/mol. The Labute approximate surface area is 181 Å². The van der Waals surface area contributed by atoms with Gasteiger partial charge < -0.3 is 19.5 Å². The third-order valence-corrected chi connectivity index (χ3v) is 6.25. The summed E-state index contributed by atoms with van der Waals surface area (Å²) < 4.78 is 11.5. The molecule has 6 nitrogen and oxygen atoms in total. The number of hydrogen-bond acceptors (Lipinski definition) is 5. The first-order chi connectivity index (χ1) is 15.0. The molecule has 0 spiro atoms. The molecule has 1 N–H and O–H groups in total. The molecule has 0 radical (unpaired) electrons. The lowest BCUT2D eigenvalue weighted by Crippen LogP contribution is -2.36. The lowest BCUT2D eigenvalue weighted by Gasteiger charge is -2.27. The molecule has 160 valence electrons. The van der Waals surface area contributed by atoms with Gasteiger partial charge in [-0.05, 0) is 49.1 Å². The van der Waals surface area contributed by atoms with E-state index in [1.165, 1.54) is 0 Å². The van der Waals surface area contributed by atoms with E-state index in [1.807, 2.05) is 49.4 Å². The summed E-state index contributed by atoms with van der Waals surface area (Å²) in [6, 6.07) is 14.1. The SMILES string of the molecule is CC1Cc2cc(/C(O)=C3/C(=O)C(=O)N(CC4CCCO4)C3c3ccccc3)ccc2O1. The fourth-order valence-electron chi connectivity index (χ4n) is 4.78. The number of fused-ring (bicyclic) bond motifs is 1. The molecule has 0 aliphatic carbocycles. The Hall–Kier alpha value is -3.12. The van der Waals surface area contributed by atoms with Gasteiger partial charge in [-0.3, -0.25) is 9.59 Å². The molecule has 5 rings (SSSR count). The quantitative estimate of drug-likeness (QED) is 0.466. The van der Waals surface area contributed by atoms with Gasteiger partial charge in [0.1, 0.15) is 17.6 Å². The number of ether oxygens (including phenoxy) is 2. The molecule has 3 atom stereocenters. The van der Waals surface area contributed by atoms with Crippen LogP contribution in [0.2, 0.25) is 0 Å². The molecule has 2 aromatic carbocycles. The standard InChI is InChI=1S/C25H25NO5/c1-15-12-18-13-17(9-10-20(18)31-15)23(27)21-22(16-6-3-2-4-7-16)26(25(29)24(21)28)14-19-8-5-11-30-19/h2-4,6-7,9-10,13,15,19,22,27H,5,8,11-12,14H2,1H3/b23-21-. The van der Waals surface area contributed by atoms with Crippen LogP contribution in [0, 0.1) is 0 Å². The Morgan fingerprint density at radius 1 is 1.16 bits per heavy atom. The highest BCUT2D eigenvalue weighted by atomic mass is 16.5. The maximum atomic E-state index is 13.1. The van der Waals surface area contributed by atoms with Gasteiger partial charge >= 0.3 is 0 Å². The molecule has 2 fully saturated rings. The van der Waals surface area contributed by atoms with Gasteiger partial charge in [-0.25, -0.2) is 0 Å². The Kier molecular flexibility index (Phi) is 5.02. The van der Waals surface area contributed by atoms with Crippen molar-refractivity contribution in [2.24, 2.45) is 0 Å². The van der Waals surface area contributed by atoms with Crippen molar-refractivity contribution < 1.29 is 24.2 Å². The van der Waals surface area contributed by atoms with Crippen LogP contribution >= 0.6 is 0 Å². The number of benzene rings is 2. The number of rotatable bonds is 4. The van der Waals surface area contributed by atoms with E-state index in [4.69, 9.17) is 9.47 Å². The monoisotopic (exact) mass is 419 g/mol. The number of amides is 1. The summed E-state index contributed by atoms with van der Waals surface area (Å²) in [6.45, 7) is 2.99. The van der Waals surface area contributed by atoms with Crippen LogP contribution in [0.1, 0.15) is 42.5 Å². The van der Waals surface area contributed by atoms with Gasteiger partial charge in [0.05, 0.1) is 17.7 Å². The molecule has 3 heterocycles. The second kappa shape index (κ2) is 7.85. The number of aliphatic hydroxyl groups is 1. The maximum Gasteiger partial charge on any atom is 0.295 e. The molecule has 2 saturated heterocycles. The van der Waals surface area contributed by atoms with Crippen molar-refractivity contribution >= 4 is 17.4 Å². The maximum absolute atomic E-state index is 13.1. The highest BCUT2D eigenvalue weighted by molar-refractivity contribution is 6.46. The number of Topliss-reactive ketones (excluding diaryl/α,β-unsaturated/α-hetero) is 1. The number of likely N-dealkylation sites (tertiary alicyclic amines) is 1. The highest BCUT2D eigenvalue weighted by Gasteiger charge is 2.47. The van der Waals surface area contributed by atoms with Crippen LogP contribution in [0.3, 0.4) is 0 Å². The summed E-state index contributed by atoms with van der Waals surface area (Å²) in [5.74, 6) is -0.606. The van der Waals surface area contributed by atoms with Crippen LogP contribution in [-0.4, -0.2) is 47.1 Å². The Bertz CT molecular complexity index is 1050. The Balaban J connectivity index is 1.59. The minimum absolute atomic E-state index is 0.0775. The first-order valence-corrected chi connectivity index (χ1v) is 10.8. The van der Waals surface area contributed by atoms with Gasteiger partial charge in [0.15, 0.2) is 0 Å². The predicted octanol–water partition coefficient (Wildman–Crippen LogP) is 3.61. The van der Waals surface area contributed by atoms with Gasteiger partial charge in [0, 0.05) is 25.1 Å². The number of carbonyl (C=O) groups excluding carboxylic acids is 2. The molecule has 0 aromatic heterocycles. The molecule has 2 aromatic rings. The summed E-state index contributed by atoms with van der Waals surface area (Å²) in [6.07, 6.45) is 2.52. The van der Waals surface area contributed by atoms with E-state index in [0.717, 1.165) is 36.1 Å². The van der Waals surface area contributed by atoms with E-state index in [9.17, 15) is 14.7 Å². The van der Waals surface area contributed by atoms with Crippen LogP contribution in [0.25, 0.3) is 5.76 Å². The van der Waals surface area contributed by atoms with E-state index in [-0.39, 0.29) is 23.5 Å². The normalized spacial score (nSPS) is 26.9. The van der Waals surface area contributed by atoms with Gasteiger partial charge in [0.2, 0.25) is 0 Å². The van der Waals surface area contributed by atoms with Crippen LogP contribution in [0.5, 0.6) is 5.75 Å². The van der Waals surface area contributed by atoms with Gasteiger partial charge in [-0.1, -0.05) is 30.3 Å². The van der Waals surface area contributed by atoms with Crippen molar-refractivity contribution in [1.82, 2.24) is 4.90 Å². The van der Waals surface area contributed by atoms with Crippen molar-refractivity contribution in [1.29, 1.82) is 0 Å². The summed E-state index contributed by atoms with van der Waals surface area (Å²) in [4.78, 5) is 27.7. The minimum atomic E-state index is -0.658. The number of nitrogens with zero attached hydrogens (tertiary/aromatic N) is 1. The largest absolute Gasteiger partial charge is 0.507 e. The average Bonchev–Trinajstić information content (AvgIpc) is 3.48. The van der Waals surface area contributed by atoms with E-state index in [2.05, 4.69) is 0 Å². The number of carbonyl (C=O) groups is 2. The van der Waals surface area contributed by atoms with Crippen molar-refractivity contribution in [3.63, 3.8) is 0 Å². The molecule has 0 saturated carbocycles. The molecule has 3 aliphatic rings. The Morgan fingerprint density at radius 3 is 2.71 bits per heavy atom. The average molecular weight is 419 g/mol. The van der Waals surface area contributed by atoms with Crippen LogP contribution in [0.4, 0.5) is 0 Å². The zero-order valence-electron chi connectivity index (χ0n) is 17.4. The first kappa shape index (κ1) is 19.8. The van der Waals surface area contributed by atoms with E-state index in [1.54, 1.807) is 11.0 Å². The zero-order valence-corrected chi connectivity index (χ0v) is 17.4. The molecular formula is C25H25NO5. The van der Waals surface area contributed by atoms with Crippen molar-refractivity contribution in [2.45, 2.75) is 44.4 Å². The van der Waals surface area contributed by atoms with Crippen LogP contribution < -0.4 is 4.74 Å². The lowest BCUT2D eigenvalue weighted by molar-refractivity contribution is -0.140. The number of hydrogen-bond donors (Lipinski definition) is 1. The van der Waals surface area contributed by atoms with Crippen LogP contribution in [-0.2, 0) is 20.7 Å². The van der Waals surface area contributed by atoms with E-state index >= 15 is 0 Å². The summed E-state index contributed by atoms with van der Waals surface area (Å²) >= 11 is 0. The van der Waals surface area contributed by atoms with Gasteiger partial charge in [-0.15, -0.1) is 0 Å². The predicted molar refractivity (Wildman–Crippen MR) is 115 cm³/mol. The third-order valence-electron chi connectivity index (χ3n) is 6.25. The van der Waals surface area contributed by atoms with Crippen molar-refractivity contribution in [3.8, 4) is 5.75 Å². The molecule has 31 heavy (non-hydrogen) atoms. The van der Waals surface area contributed by atoms with E-state index < -0.39 is 17.7 Å². The summed E-state index contributed by atoms with van der Waals surface area (Å²) in [5, 5.41) is 11.2. The lowest BCUT2D eigenvalue weighted by atomic mass is 9.94. The molecule has 3 aliphatic heterocycles. The second-order valence-corrected chi connectivity index (χ2v) is 8.45. The van der Waals surface area contributed by atoms with E-state index in [0.29, 0.717) is 18.7 Å². The third kappa shape index (κ3) is 3.51. The smallest absolute Gasteiger partial charge is 0.295 e. The topological polar surface area (TPSA) is 76.1 Å². The summed E-state index contributed by atoms with van der Waals surface area (Å²) in [7, 11) is 0. The highest BCUT2D eigenvalue weighted by Crippen LogP contribution is 2.41. The van der Waals surface area contributed by atoms with Crippen molar-refractivity contribution in [3.05, 3.63) is 70.8 Å². The fraction of sp³-hybridized carbons (Fsp3) is 0.360. The number of aliphatic hydroxyl groups excluding tert-OH is 1. The Morgan fingerprint density at radius 2 is 1.97 bits per heavy atom. The van der Waals surface area contributed by atoms with Gasteiger partial charge in [-0.2, -0.15) is 0 Å². The first-order valence-electron chi connectivity index (χ1n) is 10.8. The zero-order chi connectivity index (χ0) is 21.5. The molecule has 0 bridgehead atoms. The summed E-state index contributed by atoms with van der Waals surface area (Å²) in [5.41, 5.74) is 2.43. The molecule has 6 heteroatoms. The van der Waals surface area contributed by atoms with Crippen LogP contribution in [0.15, 0.2) is 54.1 Å². The number of ketones is 1. The second-order valence-electron chi connectivity index (χ2n) is 8.45. The van der Waals surface area contributed by atoms with Gasteiger partial charge in [0.25, 0.3) is 11.7 Å². The molecule has 1 amide bonds.